The fourth-order valence-electron chi connectivity index (χ4n) is 2.92. The Morgan fingerprint density at radius 2 is 1.69 bits per heavy atom. The second-order valence-electron chi connectivity index (χ2n) is 6.73. The van der Waals surface area contributed by atoms with Crippen LogP contribution < -0.4 is 16.2 Å². The molecule has 1 aromatic heterocycles. The van der Waals surface area contributed by atoms with Gasteiger partial charge in [-0.2, -0.15) is 5.10 Å². The zero-order valence-corrected chi connectivity index (χ0v) is 17.2. The Balaban J connectivity index is 1.63. The van der Waals surface area contributed by atoms with E-state index in [1.54, 1.807) is 19.1 Å². The number of rotatable bonds is 4. The molecule has 0 aliphatic carbocycles. The number of benzene rings is 2. The first-order chi connectivity index (χ1) is 13.8. The van der Waals surface area contributed by atoms with Gasteiger partial charge in [0.05, 0.1) is 17.8 Å². The molecule has 0 unspecified atom stereocenters. The Morgan fingerprint density at radius 1 is 1.03 bits per heavy atom. The smallest absolute Gasteiger partial charge is 0.273 e. The quantitative estimate of drug-likeness (QED) is 0.452. The molecule has 2 aromatic carbocycles. The molecule has 3 rings (SSSR count). The van der Waals surface area contributed by atoms with E-state index in [4.69, 9.17) is 12.2 Å². The van der Waals surface area contributed by atoms with Crippen molar-refractivity contribution in [1.29, 1.82) is 0 Å². The Labute approximate surface area is 174 Å². The molecule has 0 atom stereocenters. The fraction of sp³-hybridized carbons (Fsp3) is 0.190. The van der Waals surface area contributed by atoms with Crippen molar-refractivity contribution in [3.05, 3.63) is 82.4 Å². The van der Waals surface area contributed by atoms with E-state index in [2.05, 4.69) is 21.3 Å². The number of carbonyl (C=O) groups excluding carboxylic acids is 1. The maximum Gasteiger partial charge on any atom is 0.273 e. The number of aryl methyl sites for hydroxylation is 2. The largest absolute Gasteiger partial charge is 0.331 e. The third kappa shape index (κ3) is 5.17. The third-order valence-corrected chi connectivity index (χ3v) is 4.66. The van der Waals surface area contributed by atoms with Crippen molar-refractivity contribution in [2.45, 2.75) is 27.3 Å². The van der Waals surface area contributed by atoms with Crippen molar-refractivity contribution in [3.8, 4) is 0 Å². The van der Waals surface area contributed by atoms with Crippen LogP contribution in [0.25, 0.3) is 0 Å². The lowest BCUT2D eigenvalue weighted by atomic mass is 10.1. The number of nitrogens with one attached hydrogen (secondary N) is 3. The van der Waals surface area contributed by atoms with Crippen LogP contribution in [0.2, 0.25) is 0 Å². The zero-order valence-electron chi connectivity index (χ0n) is 16.4. The molecule has 8 heteroatoms. The summed E-state index contributed by atoms with van der Waals surface area (Å²) in [5.74, 6) is -0.672. The SMILES string of the molecule is Cc1ccc(Cn2nc(C)c(C(=O)NNC(=S)Nc3ccc(F)cc3)c2C)cc1. The highest BCUT2D eigenvalue weighted by Crippen LogP contribution is 2.15. The van der Waals surface area contributed by atoms with Gasteiger partial charge in [-0.15, -0.1) is 0 Å². The third-order valence-electron chi connectivity index (χ3n) is 4.45. The minimum Gasteiger partial charge on any atom is -0.331 e. The van der Waals surface area contributed by atoms with Crippen LogP contribution in [0.3, 0.4) is 0 Å². The van der Waals surface area contributed by atoms with Crippen LogP contribution in [-0.2, 0) is 6.54 Å². The Hall–Kier alpha value is -3.26. The first kappa shape index (κ1) is 20.5. The van der Waals surface area contributed by atoms with Crippen molar-refractivity contribution in [2.24, 2.45) is 0 Å². The average molecular weight is 412 g/mol. The summed E-state index contributed by atoms with van der Waals surface area (Å²) in [7, 11) is 0. The van der Waals surface area contributed by atoms with E-state index in [1.807, 2.05) is 42.8 Å². The number of amides is 1. The maximum atomic E-state index is 13.0. The van der Waals surface area contributed by atoms with E-state index < -0.39 is 0 Å². The fourth-order valence-corrected chi connectivity index (χ4v) is 3.09. The number of anilines is 1. The molecule has 29 heavy (non-hydrogen) atoms. The van der Waals surface area contributed by atoms with E-state index >= 15 is 0 Å². The Morgan fingerprint density at radius 3 is 2.34 bits per heavy atom. The summed E-state index contributed by atoms with van der Waals surface area (Å²) in [5.41, 5.74) is 10.0. The summed E-state index contributed by atoms with van der Waals surface area (Å²) in [6.07, 6.45) is 0. The number of hydrazine groups is 1. The van der Waals surface area contributed by atoms with E-state index in [9.17, 15) is 9.18 Å². The monoisotopic (exact) mass is 411 g/mol. The van der Waals surface area contributed by atoms with Crippen LogP contribution in [0.5, 0.6) is 0 Å². The minimum atomic E-state index is -0.337. The van der Waals surface area contributed by atoms with Gasteiger partial charge in [0, 0.05) is 11.4 Å². The molecule has 0 saturated carbocycles. The number of halogens is 1. The summed E-state index contributed by atoms with van der Waals surface area (Å²) < 4.78 is 14.8. The number of nitrogens with zero attached hydrogens (tertiary/aromatic N) is 2. The van der Waals surface area contributed by atoms with E-state index in [0.717, 1.165) is 11.3 Å². The van der Waals surface area contributed by atoms with Gasteiger partial charge in [0.25, 0.3) is 5.91 Å². The molecular formula is C21H22FN5OS. The van der Waals surface area contributed by atoms with Gasteiger partial charge < -0.3 is 5.32 Å². The lowest BCUT2D eigenvalue weighted by molar-refractivity contribution is 0.0943. The lowest BCUT2D eigenvalue weighted by Gasteiger charge is -2.12. The molecule has 0 saturated heterocycles. The second-order valence-corrected chi connectivity index (χ2v) is 7.14. The first-order valence-electron chi connectivity index (χ1n) is 9.06. The average Bonchev–Trinajstić information content (AvgIpc) is 2.97. The van der Waals surface area contributed by atoms with E-state index in [-0.39, 0.29) is 16.8 Å². The Bertz CT molecular complexity index is 1030. The van der Waals surface area contributed by atoms with Gasteiger partial charge in [0.15, 0.2) is 5.11 Å². The summed E-state index contributed by atoms with van der Waals surface area (Å²) in [6, 6.07) is 13.9. The van der Waals surface area contributed by atoms with Crippen LogP contribution in [0, 0.1) is 26.6 Å². The zero-order chi connectivity index (χ0) is 21.0. The predicted molar refractivity (Wildman–Crippen MR) is 115 cm³/mol. The van der Waals surface area contributed by atoms with Gasteiger partial charge in [0.2, 0.25) is 0 Å². The van der Waals surface area contributed by atoms with Crippen molar-refractivity contribution >= 4 is 28.9 Å². The van der Waals surface area contributed by atoms with Gasteiger partial charge in [-0.1, -0.05) is 29.8 Å². The van der Waals surface area contributed by atoms with Crippen molar-refractivity contribution in [1.82, 2.24) is 20.6 Å². The predicted octanol–water partition coefficient (Wildman–Crippen LogP) is 3.63. The van der Waals surface area contributed by atoms with Crippen molar-refractivity contribution in [2.75, 3.05) is 5.32 Å². The van der Waals surface area contributed by atoms with Crippen LogP contribution in [0.1, 0.15) is 32.9 Å². The second kappa shape index (κ2) is 8.83. The van der Waals surface area contributed by atoms with Gasteiger partial charge >= 0.3 is 0 Å². The molecule has 0 aliphatic rings. The molecule has 0 aliphatic heterocycles. The van der Waals surface area contributed by atoms with Crippen LogP contribution in [-0.4, -0.2) is 20.8 Å². The molecule has 0 bridgehead atoms. The number of carbonyl (C=O) groups is 1. The van der Waals surface area contributed by atoms with Crippen LogP contribution in [0.4, 0.5) is 10.1 Å². The summed E-state index contributed by atoms with van der Waals surface area (Å²) in [4.78, 5) is 12.6. The lowest BCUT2D eigenvalue weighted by Crippen LogP contribution is -2.44. The van der Waals surface area contributed by atoms with Crippen LogP contribution >= 0.6 is 12.2 Å². The van der Waals surface area contributed by atoms with Gasteiger partial charge in [-0.05, 0) is 62.8 Å². The van der Waals surface area contributed by atoms with Gasteiger partial charge in [-0.3, -0.25) is 20.3 Å². The van der Waals surface area contributed by atoms with Gasteiger partial charge in [0.1, 0.15) is 5.82 Å². The molecule has 1 heterocycles. The summed E-state index contributed by atoms with van der Waals surface area (Å²) in [5, 5.41) is 7.55. The molecule has 0 radical (unpaired) electrons. The molecular weight excluding hydrogens is 389 g/mol. The molecule has 0 spiro atoms. The summed E-state index contributed by atoms with van der Waals surface area (Å²) >= 11 is 5.15. The molecule has 0 fully saturated rings. The topological polar surface area (TPSA) is 71.0 Å². The molecule has 150 valence electrons. The molecule has 1 amide bonds. The minimum absolute atomic E-state index is 0.187. The summed E-state index contributed by atoms with van der Waals surface area (Å²) in [6.45, 7) is 6.27. The number of hydrogen-bond donors (Lipinski definition) is 3. The molecule has 3 aromatic rings. The standard InChI is InChI=1S/C21H22FN5OS/c1-13-4-6-16(7-5-13)12-27-15(3)19(14(2)26-27)20(28)24-25-21(29)23-18-10-8-17(22)9-11-18/h4-11H,12H2,1-3H3,(H,24,28)(H2,23,25,29). The first-order valence-corrected chi connectivity index (χ1v) is 9.47. The maximum absolute atomic E-state index is 13.0. The van der Waals surface area contributed by atoms with Crippen LogP contribution in [0.15, 0.2) is 48.5 Å². The number of thiocarbonyl (C=S) groups is 1. The van der Waals surface area contributed by atoms with E-state index in [0.29, 0.717) is 23.5 Å². The van der Waals surface area contributed by atoms with Gasteiger partial charge in [-0.25, -0.2) is 4.39 Å². The highest BCUT2D eigenvalue weighted by atomic mass is 32.1. The number of aromatic nitrogens is 2. The Kier molecular flexibility index (Phi) is 6.23. The molecule has 3 N–H and O–H groups in total. The van der Waals surface area contributed by atoms with Crippen molar-refractivity contribution < 1.29 is 9.18 Å². The highest BCUT2D eigenvalue weighted by Gasteiger charge is 2.19. The molecule has 6 nitrogen and oxygen atoms in total. The number of hydrogen-bond acceptors (Lipinski definition) is 3. The highest BCUT2D eigenvalue weighted by molar-refractivity contribution is 7.80. The normalized spacial score (nSPS) is 10.5. The van der Waals surface area contributed by atoms with Crippen molar-refractivity contribution in [3.63, 3.8) is 0 Å². The van der Waals surface area contributed by atoms with E-state index in [1.165, 1.54) is 17.7 Å².